The Labute approximate surface area is 128 Å². The predicted molar refractivity (Wildman–Crippen MR) is 86.0 cm³/mol. The highest BCUT2D eigenvalue weighted by atomic mass is 16.6. The van der Waals surface area contributed by atoms with E-state index in [0.717, 1.165) is 11.1 Å². The third-order valence-corrected chi connectivity index (χ3v) is 3.65. The van der Waals surface area contributed by atoms with Crippen molar-refractivity contribution in [3.63, 3.8) is 0 Å². The Morgan fingerprint density at radius 3 is 2.09 bits per heavy atom. The Balaban J connectivity index is 2.41. The second-order valence-corrected chi connectivity index (χ2v) is 5.28. The summed E-state index contributed by atoms with van der Waals surface area (Å²) in [6.07, 6.45) is 3.43. The highest BCUT2D eigenvalue weighted by molar-refractivity contribution is 5.75. The zero-order chi connectivity index (χ0) is 16.4. The lowest BCUT2D eigenvalue weighted by molar-refractivity contribution is -0.385. The molecule has 2 rings (SSSR count). The molecule has 0 amide bonds. The fourth-order valence-electron chi connectivity index (χ4n) is 2.16. The topological polar surface area (TPSA) is 83.6 Å². The fraction of sp³-hybridized carbons (Fsp3) is 0.176. The van der Waals surface area contributed by atoms with Gasteiger partial charge in [0, 0.05) is 11.6 Å². The summed E-state index contributed by atoms with van der Waals surface area (Å²) in [5.41, 5.74) is 3.72. The molecular weight excluding hydrogens is 282 g/mol. The summed E-state index contributed by atoms with van der Waals surface area (Å²) in [5, 5.41) is 30.4. The third-order valence-electron chi connectivity index (χ3n) is 3.65. The fourth-order valence-corrected chi connectivity index (χ4v) is 2.16. The summed E-state index contributed by atoms with van der Waals surface area (Å²) in [5.74, 6) is -0.206. The van der Waals surface area contributed by atoms with E-state index >= 15 is 0 Å². The number of rotatable bonds is 3. The molecule has 5 heteroatoms. The first-order valence-electron chi connectivity index (χ1n) is 6.76. The van der Waals surface area contributed by atoms with Crippen molar-refractivity contribution >= 4 is 17.8 Å². The normalized spacial score (nSPS) is 11.0. The molecule has 5 nitrogen and oxygen atoms in total. The summed E-state index contributed by atoms with van der Waals surface area (Å²) in [7, 11) is 0. The van der Waals surface area contributed by atoms with Gasteiger partial charge in [-0.15, -0.1) is 0 Å². The number of phenols is 2. The van der Waals surface area contributed by atoms with Crippen LogP contribution in [-0.2, 0) is 0 Å². The number of benzene rings is 2. The number of aromatic hydroxyl groups is 2. The molecule has 0 fully saturated rings. The first-order valence-corrected chi connectivity index (χ1v) is 6.76. The van der Waals surface area contributed by atoms with Crippen LogP contribution in [0.3, 0.4) is 0 Å². The van der Waals surface area contributed by atoms with E-state index in [4.69, 9.17) is 0 Å². The van der Waals surface area contributed by atoms with Gasteiger partial charge in [-0.25, -0.2) is 0 Å². The lowest BCUT2D eigenvalue weighted by atomic mass is 10.0. The molecule has 0 saturated carbocycles. The molecule has 0 aromatic heterocycles. The molecule has 114 valence electrons. The first kappa shape index (κ1) is 15.6. The zero-order valence-corrected chi connectivity index (χ0v) is 12.6. The predicted octanol–water partition coefficient (Wildman–Crippen LogP) is 4.10. The Bertz CT molecular complexity index is 779. The second-order valence-electron chi connectivity index (χ2n) is 5.28. The SMILES string of the molecule is Cc1cc(O)c(/C=C/c2cc(O)c([N+](=O)[O-])cc2C)cc1C. The Kier molecular flexibility index (Phi) is 4.17. The number of hydrogen-bond acceptors (Lipinski definition) is 4. The minimum atomic E-state index is -0.620. The summed E-state index contributed by atoms with van der Waals surface area (Å²) in [6.45, 7) is 5.60. The molecule has 0 spiro atoms. The maximum absolute atomic E-state index is 10.8. The molecule has 0 atom stereocenters. The van der Waals surface area contributed by atoms with Gasteiger partial charge in [0.2, 0.25) is 0 Å². The molecule has 0 radical (unpaired) electrons. The van der Waals surface area contributed by atoms with Gasteiger partial charge in [-0.2, -0.15) is 0 Å². The zero-order valence-electron chi connectivity index (χ0n) is 12.6. The van der Waals surface area contributed by atoms with Crippen LogP contribution in [-0.4, -0.2) is 15.1 Å². The van der Waals surface area contributed by atoms with Gasteiger partial charge in [0.05, 0.1) is 4.92 Å². The number of aryl methyl sites for hydroxylation is 3. The van der Waals surface area contributed by atoms with E-state index in [1.54, 1.807) is 25.1 Å². The van der Waals surface area contributed by atoms with E-state index in [-0.39, 0.29) is 17.2 Å². The minimum absolute atomic E-state index is 0.170. The van der Waals surface area contributed by atoms with Crippen LogP contribution in [0.2, 0.25) is 0 Å². The lowest BCUT2D eigenvalue weighted by Crippen LogP contribution is -1.91. The molecule has 0 saturated heterocycles. The number of nitro benzene ring substituents is 1. The van der Waals surface area contributed by atoms with Gasteiger partial charge in [0.1, 0.15) is 5.75 Å². The quantitative estimate of drug-likeness (QED) is 0.507. The highest BCUT2D eigenvalue weighted by Crippen LogP contribution is 2.30. The molecular formula is C17H17NO4. The van der Waals surface area contributed by atoms with Gasteiger partial charge < -0.3 is 10.2 Å². The van der Waals surface area contributed by atoms with Crippen molar-refractivity contribution in [1.29, 1.82) is 0 Å². The van der Waals surface area contributed by atoms with Crippen LogP contribution in [0.25, 0.3) is 12.2 Å². The molecule has 0 aliphatic heterocycles. The van der Waals surface area contributed by atoms with Crippen molar-refractivity contribution in [3.05, 3.63) is 62.2 Å². The highest BCUT2D eigenvalue weighted by Gasteiger charge is 2.14. The van der Waals surface area contributed by atoms with Crippen LogP contribution in [0.4, 0.5) is 5.69 Å². The molecule has 0 bridgehead atoms. The number of nitro groups is 1. The summed E-state index contributed by atoms with van der Waals surface area (Å²) < 4.78 is 0. The van der Waals surface area contributed by atoms with E-state index in [2.05, 4.69) is 0 Å². The van der Waals surface area contributed by atoms with Gasteiger partial charge in [0.25, 0.3) is 0 Å². The van der Waals surface area contributed by atoms with Gasteiger partial charge in [0.15, 0.2) is 5.75 Å². The molecule has 0 heterocycles. The van der Waals surface area contributed by atoms with Crippen molar-refractivity contribution in [2.75, 3.05) is 0 Å². The van der Waals surface area contributed by atoms with Crippen molar-refractivity contribution < 1.29 is 15.1 Å². The average Bonchev–Trinajstić information content (AvgIpc) is 2.44. The Hall–Kier alpha value is -2.82. The van der Waals surface area contributed by atoms with Crippen molar-refractivity contribution in [1.82, 2.24) is 0 Å². The van der Waals surface area contributed by atoms with Crippen molar-refractivity contribution in [3.8, 4) is 11.5 Å². The maximum atomic E-state index is 10.8. The molecule has 2 N–H and O–H groups in total. The van der Waals surface area contributed by atoms with Gasteiger partial charge >= 0.3 is 5.69 Å². The number of nitrogens with zero attached hydrogens (tertiary/aromatic N) is 1. The van der Waals surface area contributed by atoms with Crippen LogP contribution >= 0.6 is 0 Å². The minimum Gasteiger partial charge on any atom is -0.507 e. The lowest BCUT2D eigenvalue weighted by Gasteiger charge is -2.06. The average molecular weight is 299 g/mol. The smallest absolute Gasteiger partial charge is 0.310 e. The molecule has 2 aromatic rings. The van der Waals surface area contributed by atoms with Gasteiger partial charge in [-0.1, -0.05) is 12.2 Å². The van der Waals surface area contributed by atoms with Crippen LogP contribution in [0.15, 0.2) is 24.3 Å². The molecule has 2 aromatic carbocycles. The van der Waals surface area contributed by atoms with E-state index in [1.807, 2.05) is 19.9 Å². The van der Waals surface area contributed by atoms with E-state index in [9.17, 15) is 20.3 Å². The van der Waals surface area contributed by atoms with E-state index < -0.39 is 4.92 Å². The molecule has 0 aliphatic rings. The molecule has 0 unspecified atom stereocenters. The number of hydrogen-bond donors (Lipinski definition) is 2. The van der Waals surface area contributed by atoms with Crippen LogP contribution in [0, 0.1) is 30.9 Å². The van der Waals surface area contributed by atoms with E-state index in [1.165, 1.54) is 12.1 Å². The summed E-state index contributed by atoms with van der Waals surface area (Å²) in [6, 6.07) is 6.23. The Morgan fingerprint density at radius 1 is 0.864 bits per heavy atom. The summed E-state index contributed by atoms with van der Waals surface area (Å²) >= 11 is 0. The second kappa shape index (κ2) is 5.89. The van der Waals surface area contributed by atoms with Crippen LogP contribution in [0.1, 0.15) is 27.8 Å². The van der Waals surface area contributed by atoms with Gasteiger partial charge in [-0.3, -0.25) is 10.1 Å². The van der Waals surface area contributed by atoms with Crippen molar-refractivity contribution in [2.45, 2.75) is 20.8 Å². The first-order chi connectivity index (χ1) is 10.3. The third kappa shape index (κ3) is 3.09. The Morgan fingerprint density at radius 2 is 1.45 bits per heavy atom. The maximum Gasteiger partial charge on any atom is 0.310 e. The van der Waals surface area contributed by atoms with Crippen LogP contribution in [0.5, 0.6) is 11.5 Å². The molecule has 22 heavy (non-hydrogen) atoms. The molecule has 0 aliphatic carbocycles. The largest absolute Gasteiger partial charge is 0.507 e. The van der Waals surface area contributed by atoms with Gasteiger partial charge in [-0.05, 0) is 61.2 Å². The van der Waals surface area contributed by atoms with E-state index in [0.29, 0.717) is 16.7 Å². The standard InChI is InChI=1S/C17H17NO4/c1-10-6-14(16(19)8-11(10)2)5-4-13-9-17(20)15(18(21)22)7-12(13)3/h4-9,19-20H,1-3H3/b5-4+. The van der Waals surface area contributed by atoms with Crippen molar-refractivity contribution in [2.24, 2.45) is 0 Å². The number of phenolic OH excluding ortho intramolecular Hbond substituents is 2. The monoisotopic (exact) mass is 299 g/mol. The van der Waals surface area contributed by atoms with Crippen LogP contribution < -0.4 is 0 Å². The summed E-state index contributed by atoms with van der Waals surface area (Å²) in [4.78, 5) is 10.2.